The van der Waals surface area contributed by atoms with E-state index in [1.165, 1.54) is 26.2 Å². The van der Waals surface area contributed by atoms with E-state index < -0.39 is 17.5 Å². The Kier molecular flexibility index (Phi) is 5.35. The summed E-state index contributed by atoms with van der Waals surface area (Å²) in [5.41, 5.74) is -0.922. The molecule has 0 spiro atoms. The standard InChI is InChI=1S/C13H15F3O3/c1-9(17)10-4-5-12(19-7-3-6-18-2)11(8-10)13(14,15)16/h4-5,8H,3,6-7H2,1-2H3. The number of hydrogen-bond donors (Lipinski definition) is 0. The average molecular weight is 276 g/mol. The molecule has 6 heteroatoms. The van der Waals surface area contributed by atoms with E-state index >= 15 is 0 Å². The molecule has 0 aromatic heterocycles. The first-order chi connectivity index (χ1) is 8.86. The Morgan fingerprint density at radius 2 is 1.95 bits per heavy atom. The molecule has 0 saturated carbocycles. The van der Waals surface area contributed by atoms with Gasteiger partial charge in [-0.05, 0) is 25.1 Å². The van der Waals surface area contributed by atoms with Crippen LogP contribution < -0.4 is 4.74 Å². The SMILES string of the molecule is COCCCOc1ccc(C(C)=O)cc1C(F)(F)F. The molecule has 0 aliphatic heterocycles. The zero-order valence-electron chi connectivity index (χ0n) is 10.7. The van der Waals surface area contributed by atoms with Crippen LogP contribution in [0.3, 0.4) is 0 Å². The first-order valence-electron chi connectivity index (χ1n) is 5.70. The predicted octanol–water partition coefficient (Wildman–Crippen LogP) is 3.32. The van der Waals surface area contributed by atoms with Gasteiger partial charge in [0, 0.05) is 25.7 Å². The lowest BCUT2D eigenvalue weighted by molar-refractivity contribution is -0.139. The van der Waals surface area contributed by atoms with E-state index in [1.807, 2.05) is 0 Å². The Bertz CT molecular complexity index is 441. The molecule has 1 aromatic rings. The van der Waals surface area contributed by atoms with Gasteiger partial charge in [0.25, 0.3) is 0 Å². The third-order valence-electron chi connectivity index (χ3n) is 2.44. The van der Waals surface area contributed by atoms with Gasteiger partial charge < -0.3 is 9.47 Å². The van der Waals surface area contributed by atoms with Gasteiger partial charge in [-0.25, -0.2) is 0 Å². The maximum atomic E-state index is 12.9. The molecule has 0 aliphatic carbocycles. The lowest BCUT2D eigenvalue weighted by Crippen LogP contribution is -2.11. The van der Waals surface area contributed by atoms with Crippen molar-refractivity contribution in [3.8, 4) is 5.75 Å². The van der Waals surface area contributed by atoms with Crippen LogP contribution in [-0.2, 0) is 10.9 Å². The molecule has 0 saturated heterocycles. The highest BCUT2D eigenvalue weighted by molar-refractivity contribution is 5.94. The fourth-order valence-corrected chi connectivity index (χ4v) is 1.48. The van der Waals surface area contributed by atoms with Crippen LogP contribution >= 0.6 is 0 Å². The minimum Gasteiger partial charge on any atom is -0.493 e. The average Bonchev–Trinajstić information content (AvgIpc) is 2.33. The molecule has 0 aliphatic rings. The Balaban J connectivity index is 2.93. The third-order valence-corrected chi connectivity index (χ3v) is 2.44. The molecular weight excluding hydrogens is 261 g/mol. The number of alkyl halides is 3. The highest BCUT2D eigenvalue weighted by atomic mass is 19.4. The van der Waals surface area contributed by atoms with Crippen molar-refractivity contribution in [3.05, 3.63) is 29.3 Å². The third kappa shape index (κ3) is 4.55. The van der Waals surface area contributed by atoms with Crippen molar-refractivity contribution in [1.29, 1.82) is 0 Å². The van der Waals surface area contributed by atoms with Crippen LogP contribution in [0.4, 0.5) is 13.2 Å². The van der Waals surface area contributed by atoms with Crippen LogP contribution in [0.25, 0.3) is 0 Å². The van der Waals surface area contributed by atoms with Gasteiger partial charge in [0.15, 0.2) is 5.78 Å². The topological polar surface area (TPSA) is 35.5 Å². The zero-order valence-corrected chi connectivity index (χ0v) is 10.7. The molecule has 106 valence electrons. The van der Waals surface area contributed by atoms with E-state index in [-0.39, 0.29) is 17.9 Å². The first kappa shape index (κ1) is 15.5. The number of carbonyl (C=O) groups excluding carboxylic acids is 1. The Hall–Kier alpha value is -1.56. The van der Waals surface area contributed by atoms with E-state index in [0.717, 1.165) is 6.07 Å². The molecule has 1 aromatic carbocycles. The first-order valence-corrected chi connectivity index (χ1v) is 5.70. The second kappa shape index (κ2) is 6.56. The Morgan fingerprint density at radius 3 is 2.47 bits per heavy atom. The minimum absolute atomic E-state index is 0.0107. The summed E-state index contributed by atoms with van der Waals surface area (Å²) in [6.07, 6.45) is -4.07. The molecule has 0 fully saturated rings. The maximum Gasteiger partial charge on any atom is 0.419 e. The summed E-state index contributed by atoms with van der Waals surface area (Å²) in [4.78, 5) is 11.1. The minimum atomic E-state index is -4.55. The zero-order chi connectivity index (χ0) is 14.5. The smallest absolute Gasteiger partial charge is 0.419 e. The highest BCUT2D eigenvalue weighted by Gasteiger charge is 2.35. The predicted molar refractivity (Wildman–Crippen MR) is 63.4 cm³/mol. The van der Waals surface area contributed by atoms with Crippen LogP contribution in [0.5, 0.6) is 5.75 Å². The van der Waals surface area contributed by atoms with Crippen molar-refractivity contribution in [2.45, 2.75) is 19.5 Å². The van der Waals surface area contributed by atoms with E-state index in [4.69, 9.17) is 9.47 Å². The van der Waals surface area contributed by atoms with E-state index in [0.29, 0.717) is 13.0 Å². The fourth-order valence-electron chi connectivity index (χ4n) is 1.48. The molecular formula is C13H15F3O3. The molecule has 0 bridgehead atoms. The number of ether oxygens (including phenoxy) is 2. The number of benzene rings is 1. The highest BCUT2D eigenvalue weighted by Crippen LogP contribution is 2.37. The second-order valence-electron chi connectivity index (χ2n) is 3.96. The molecule has 3 nitrogen and oxygen atoms in total. The van der Waals surface area contributed by atoms with Gasteiger partial charge >= 0.3 is 6.18 Å². The van der Waals surface area contributed by atoms with Gasteiger partial charge in [0.05, 0.1) is 12.2 Å². The Labute approximate surface area is 109 Å². The lowest BCUT2D eigenvalue weighted by Gasteiger charge is -2.14. The number of halogens is 3. The molecule has 0 unspecified atom stereocenters. The maximum absolute atomic E-state index is 12.9. The molecule has 19 heavy (non-hydrogen) atoms. The van der Waals surface area contributed by atoms with Crippen molar-refractivity contribution in [2.75, 3.05) is 20.3 Å². The summed E-state index contributed by atoms with van der Waals surface area (Å²) < 4.78 is 48.4. The van der Waals surface area contributed by atoms with Crippen LogP contribution in [0.2, 0.25) is 0 Å². The number of carbonyl (C=O) groups is 1. The van der Waals surface area contributed by atoms with Crippen molar-refractivity contribution in [2.24, 2.45) is 0 Å². The van der Waals surface area contributed by atoms with Crippen molar-refractivity contribution < 1.29 is 27.4 Å². The summed E-state index contributed by atoms with van der Waals surface area (Å²) in [7, 11) is 1.50. The summed E-state index contributed by atoms with van der Waals surface area (Å²) >= 11 is 0. The van der Waals surface area contributed by atoms with Gasteiger partial charge in [-0.2, -0.15) is 13.2 Å². The van der Waals surface area contributed by atoms with Crippen LogP contribution in [0.1, 0.15) is 29.3 Å². The van der Waals surface area contributed by atoms with E-state index in [1.54, 1.807) is 0 Å². The monoisotopic (exact) mass is 276 g/mol. The van der Waals surface area contributed by atoms with Gasteiger partial charge in [-0.15, -0.1) is 0 Å². The second-order valence-corrected chi connectivity index (χ2v) is 3.96. The van der Waals surface area contributed by atoms with Crippen molar-refractivity contribution in [3.63, 3.8) is 0 Å². The number of rotatable bonds is 6. The van der Waals surface area contributed by atoms with Crippen molar-refractivity contribution >= 4 is 5.78 Å². The Morgan fingerprint density at radius 1 is 1.26 bits per heavy atom. The number of hydrogen-bond acceptors (Lipinski definition) is 3. The van der Waals surface area contributed by atoms with Crippen LogP contribution in [-0.4, -0.2) is 26.1 Å². The fraction of sp³-hybridized carbons (Fsp3) is 0.462. The van der Waals surface area contributed by atoms with Gasteiger partial charge in [0.1, 0.15) is 5.75 Å². The quantitative estimate of drug-likeness (QED) is 0.590. The normalized spacial score (nSPS) is 11.4. The molecule has 0 radical (unpaired) electrons. The molecule has 0 atom stereocenters. The number of ketones is 1. The van der Waals surface area contributed by atoms with Crippen molar-refractivity contribution in [1.82, 2.24) is 0 Å². The summed E-state index contributed by atoms with van der Waals surface area (Å²) in [5.74, 6) is -0.690. The largest absolute Gasteiger partial charge is 0.493 e. The number of methoxy groups -OCH3 is 1. The molecule has 0 N–H and O–H groups in total. The molecule has 0 heterocycles. The summed E-state index contributed by atoms with van der Waals surface area (Å²) in [5, 5.41) is 0. The summed E-state index contributed by atoms with van der Waals surface area (Å²) in [6, 6.07) is 3.31. The molecule has 1 rings (SSSR count). The lowest BCUT2D eigenvalue weighted by atomic mass is 10.1. The van der Waals surface area contributed by atoms with E-state index in [2.05, 4.69) is 0 Å². The summed E-state index contributed by atoms with van der Waals surface area (Å²) in [6.45, 7) is 1.75. The number of Topliss-reactive ketones (excluding diaryl/α,β-unsaturated/α-hetero) is 1. The van der Waals surface area contributed by atoms with Crippen LogP contribution in [0, 0.1) is 0 Å². The van der Waals surface area contributed by atoms with Gasteiger partial charge in [-0.1, -0.05) is 0 Å². The van der Waals surface area contributed by atoms with Gasteiger partial charge in [-0.3, -0.25) is 4.79 Å². The van der Waals surface area contributed by atoms with Crippen LogP contribution in [0.15, 0.2) is 18.2 Å². The van der Waals surface area contributed by atoms with E-state index in [9.17, 15) is 18.0 Å². The molecule has 0 amide bonds. The van der Waals surface area contributed by atoms with Gasteiger partial charge in [0.2, 0.25) is 0 Å².